The van der Waals surface area contributed by atoms with Crippen molar-refractivity contribution in [3.05, 3.63) is 53.7 Å². The average Bonchev–Trinajstić information content (AvgIpc) is 2.86. The lowest BCUT2D eigenvalue weighted by atomic mass is 10.2. The van der Waals surface area contributed by atoms with Crippen molar-refractivity contribution in [1.29, 1.82) is 0 Å². The van der Waals surface area contributed by atoms with Crippen LogP contribution in [0.15, 0.2) is 48.0 Å². The predicted molar refractivity (Wildman–Crippen MR) is 74.7 cm³/mol. The smallest absolute Gasteiger partial charge is 0.206 e. The van der Waals surface area contributed by atoms with E-state index in [9.17, 15) is 4.79 Å². The van der Waals surface area contributed by atoms with Crippen molar-refractivity contribution < 1.29 is 4.79 Å². The maximum atomic E-state index is 11.8. The monoisotopic (exact) mass is 258 g/mol. The number of allylic oxidation sites excluding steroid dienone is 1. The Hall–Kier alpha value is -1.94. The van der Waals surface area contributed by atoms with Gasteiger partial charge in [0.05, 0.1) is 0 Å². The molecule has 1 aromatic carbocycles. The van der Waals surface area contributed by atoms with Crippen LogP contribution in [0.4, 0.5) is 0 Å². The van der Waals surface area contributed by atoms with Gasteiger partial charge in [0, 0.05) is 37.3 Å². The molecule has 0 unspecified atom stereocenters. The second-order valence-corrected chi connectivity index (χ2v) is 4.91. The molecule has 0 saturated carbocycles. The fourth-order valence-electron chi connectivity index (χ4n) is 1.40. The number of hydrogen-bond donors (Lipinski definition) is 0. The van der Waals surface area contributed by atoms with Crippen LogP contribution in [0.1, 0.15) is 10.5 Å². The summed E-state index contributed by atoms with van der Waals surface area (Å²) >= 11 is 1.49. The molecule has 0 amide bonds. The molecular weight excluding hydrogens is 244 g/mol. The first kappa shape index (κ1) is 12.5. The predicted octanol–water partition coefficient (Wildman–Crippen LogP) is 3.07. The summed E-state index contributed by atoms with van der Waals surface area (Å²) in [6.45, 7) is 0. The van der Waals surface area contributed by atoms with Gasteiger partial charge < -0.3 is 4.90 Å². The van der Waals surface area contributed by atoms with Crippen LogP contribution in [-0.4, -0.2) is 29.8 Å². The fraction of sp³-hybridized carbons (Fsp3) is 0.143. The summed E-state index contributed by atoms with van der Waals surface area (Å²) in [4.78, 5) is 18.0. The zero-order valence-corrected chi connectivity index (χ0v) is 11.1. The number of rotatable bonds is 4. The highest BCUT2D eigenvalue weighted by atomic mass is 32.1. The molecule has 0 aliphatic carbocycles. The summed E-state index contributed by atoms with van der Waals surface area (Å²) in [5.74, 6) is -0.0675. The Kier molecular flexibility index (Phi) is 3.89. The highest BCUT2D eigenvalue weighted by Crippen LogP contribution is 2.23. The van der Waals surface area contributed by atoms with E-state index in [1.807, 2.05) is 49.3 Å². The van der Waals surface area contributed by atoms with E-state index in [0.29, 0.717) is 5.69 Å². The number of benzene rings is 1. The number of hydrogen-bond acceptors (Lipinski definition) is 4. The summed E-state index contributed by atoms with van der Waals surface area (Å²) in [5, 5.41) is 2.67. The van der Waals surface area contributed by atoms with Crippen LogP contribution in [-0.2, 0) is 0 Å². The van der Waals surface area contributed by atoms with Gasteiger partial charge >= 0.3 is 0 Å². The molecule has 2 rings (SSSR count). The van der Waals surface area contributed by atoms with Crippen LogP contribution in [0, 0.1) is 0 Å². The molecule has 1 aromatic heterocycles. The molecule has 1 heterocycles. The molecule has 0 bridgehead atoms. The molecule has 18 heavy (non-hydrogen) atoms. The summed E-state index contributed by atoms with van der Waals surface area (Å²) in [7, 11) is 3.75. The second kappa shape index (κ2) is 5.60. The van der Waals surface area contributed by atoms with Crippen molar-refractivity contribution in [2.45, 2.75) is 0 Å². The highest BCUT2D eigenvalue weighted by Gasteiger charge is 2.09. The highest BCUT2D eigenvalue weighted by molar-refractivity contribution is 7.13. The van der Waals surface area contributed by atoms with Crippen LogP contribution < -0.4 is 0 Å². The number of aromatic nitrogens is 1. The van der Waals surface area contributed by atoms with Crippen LogP contribution >= 0.6 is 11.3 Å². The average molecular weight is 258 g/mol. The van der Waals surface area contributed by atoms with Crippen LogP contribution in [0.5, 0.6) is 0 Å². The minimum atomic E-state index is -0.0675. The molecule has 0 atom stereocenters. The van der Waals surface area contributed by atoms with Crippen molar-refractivity contribution >= 4 is 17.1 Å². The van der Waals surface area contributed by atoms with Crippen molar-refractivity contribution in [3.63, 3.8) is 0 Å². The number of nitrogens with zero attached hydrogens (tertiary/aromatic N) is 2. The van der Waals surface area contributed by atoms with Crippen molar-refractivity contribution in [1.82, 2.24) is 9.88 Å². The van der Waals surface area contributed by atoms with Gasteiger partial charge in [-0.15, -0.1) is 11.3 Å². The van der Waals surface area contributed by atoms with Gasteiger partial charge in [-0.1, -0.05) is 30.3 Å². The van der Waals surface area contributed by atoms with Crippen molar-refractivity contribution in [2.24, 2.45) is 0 Å². The van der Waals surface area contributed by atoms with Gasteiger partial charge in [-0.3, -0.25) is 4.79 Å². The Morgan fingerprint density at radius 2 is 2.00 bits per heavy atom. The Morgan fingerprint density at radius 1 is 1.28 bits per heavy atom. The number of carbonyl (C=O) groups excluding carboxylic acids is 1. The van der Waals surface area contributed by atoms with E-state index in [4.69, 9.17) is 0 Å². The molecular formula is C14H14N2OS. The van der Waals surface area contributed by atoms with Gasteiger partial charge in [0.15, 0.2) is 0 Å². The summed E-state index contributed by atoms with van der Waals surface area (Å²) in [5.41, 5.74) is 1.54. The molecule has 0 N–H and O–H groups in total. The van der Waals surface area contributed by atoms with Gasteiger partial charge in [-0.2, -0.15) is 0 Å². The Bertz CT molecular complexity index is 558. The standard InChI is InChI=1S/C14H14N2OS/c1-16(2)9-8-13(17)12-10-18-14(15-12)11-6-4-3-5-7-11/h3-10H,1-2H3/b9-8+. The van der Waals surface area contributed by atoms with Gasteiger partial charge in [0.2, 0.25) is 5.78 Å². The lowest BCUT2D eigenvalue weighted by Gasteiger charge is -2.01. The molecule has 4 heteroatoms. The molecule has 0 fully saturated rings. The maximum absolute atomic E-state index is 11.8. The van der Waals surface area contributed by atoms with E-state index in [0.717, 1.165) is 10.6 Å². The number of carbonyl (C=O) groups is 1. The molecule has 0 spiro atoms. The summed E-state index contributed by atoms with van der Waals surface area (Å²) in [6, 6.07) is 9.86. The zero-order chi connectivity index (χ0) is 13.0. The third kappa shape index (κ3) is 3.05. The van der Waals surface area contributed by atoms with Gasteiger partial charge in [0.1, 0.15) is 10.7 Å². The van der Waals surface area contributed by atoms with E-state index >= 15 is 0 Å². The molecule has 0 saturated heterocycles. The number of ketones is 1. The lowest BCUT2D eigenvalue weighted by Crippen LogP contribution is -2.03. The molecule has 92 valence electrons. The van der Waals surface area contributed by atoms with Crippen LogP contribution in [0.2, 0.25) is 0 Å². The molecule has 0 aliphatic heterocycles. The van der Waals surface area contributed by atoms with Crippen molar-refractivity contribution in [2.75, 3.05) is 14.1 Å². The lowest BCUT2D eigenvalue weighted by molar-refractivity contribution is 0.104. The normalized spacial score (nSPS) is 10.8. The first-order valence-corrected chi connectivity index (χ1v) is 6.44. The summed E-state index contributed by atoms with van der Waals surface area (Å²) < 4.78 is 0. The minimum Gasteiger partial charge on any atom is -0.383 e. The van der Waals surface area contributed by atoms with Gasteiger partial charge in [-0.05, 0) is 0 Å². The van der Waals surface area contributed by atoms with E-state index in [2.05, 4.69) is 4.98 Å². The molecule has 2 aromatic rings. The SMILES string of the molecule is CN(C)/C=C/C(=O)c1csc(-c2ccccc2)n1. The van der Waals surface area contributed by atoms with Crippen molar-refractivity contribution in [3.8, 4) is 10.6 Å². The summed E-state index contributed by atoms with van der Waals surface area (Å²) in [6.07, 6.45) is 3.26. The van der Waals surface area contributed by atoms with E-state index in [1.165, 1.54) is 17.4 Å². The molecule has 0 radical (unpaired) electrons. The molecule has 0 aliphatic rings. The Labute approximate surface area is 110 Å². The van der Waals surface area contributed by atoms with E-state index < -0.39 is 0 Å². The number of thiazole rings is 1. The fourth-order valence-corrected chi connectivity index (χ4v) is 2.22. The van der Waals surface area contributed by atoms with Gasteiger partial charge in [0.25, 0.3) is 0 Å². The zero-order valence-electron chi connectivity index (χ0n) is 10.3. The van der Waals surface area contributed by atoms with E-state index in [1.54, 1.807) is 11.6 Å². The molecule has 3 nitrogen and oxygen atoms in total. The Balaban J connectivity index is 2.19. The van der Waals surface area contributed by atoms with Gasteiger partial charge in [-0.25, -0.2) is 4.98 Å². The third-order valence-electron chi connectivity index (χ3n) is 2.30. The maximum Gasteiger partial charge on any atom is 0.206 e. The largest absolute Gasteiger partial charge is 0.383 e. The first-order chi connectivity index (χ1) is 8.66. The Morgan fingerprint density at radius 3 is 2.67 bits per heavy atom. The van der Waals surface area contributed by atoms with E-state index in [-0.39, 0.29) is 5.78 Å². The van der Waals surface area contributed by atoms with Crippen LogP contribution in [0.25, 0.3) is 10.6 Å². The minimum absolute atomic E-state index is 0.0675. The third-order valence-corrected chi connectivity index (χ3v) is 3.19. The topological polar surface area (TPSA) is 33.2 Å². The second-order valence-electron chi connectivity index (χ2n) is 4.05. The first-order valence-electron chi connectivity index (χ1n) is 5.57. The quantitative estimate of drug-likeness (QED) is 0.624. The van der Waals surface area contributed by atoms with Crippen LogP contribution in [0.3, 0.4) is 0 Å².